The van der Waals surface area contributed by atoms with Crippen molar-refractivity contribution in [2.45, 2.75) is 19.4 Å². The van der Waals surface area contributed by atoms with Crippen molar-refractivity contribution in [3.05, 3.63) is 48.0 Å². The summed E-state index contributed by atoms with van der Waals surface area (Å²) in [4.78, 5) is 28.1. The Balaban J connectivity index is 1.33. The van der Waals surface area contributed by atoms with Crippen LogP contribution in [0.2, 0.25) is 0 Å². The van der Waals surface area contributed by atoms with Gasteiger partial charge in [0.05, 0.1) is 6.54 Å². The molecule has 2 aromatic carbocycles. The van der Waals surface area contributed by atoms with E-state index in [4.69, 9.17) is 9.47 Å². The topological polar surface area (TPSA) is 71.1 Å². The first kappa shape index (κ1) is 19.3. The molecular formula is C22H25N3O4. The molecule has 0 spiro atoms. The lowest BCUT2D eigenvalue weighted by Crippen LogP contribution is -2.30. The van der Waals surface area contributed by atoms with Crippen LogP contribution in [0, 0.1) is 0 Å². The van der Waals surface area contributed by atoms with E-state index in [0.29, 0.717) is 31.9 Å². The lowest BCUT2D eigenvalue weighted by atomic mass is 10.2. The van der Waals surface area contributed by atoms with Gasteiger partial charge in [-0.15, -0.1) is 0 Å². The van der Waals surface area contributed by atoms with Gasteiger partial charge in [-0.1, -0.05) is 12.1 Å². The quantitative estimate of drug-likeness (QED) is 0.814. The normalized spacial score (nSPS) is 15.7. The molecule has 0 aromatic heterocycles. The number of hydrogen-bond acceptors (Lipinski definition) is 5. The molecule has 0 unspecified atom stereocenters. The summed E-state index contributed by atoms with van der Waals surface area (Å²) in [6, 6.07) is 13.3. The number of ether oxygens (including phenoxy) is 2. The average Bonchev–Trinajstić information content (AvgIpc) is 3.14. The molecule has 0 saturated carbocycles. The lowest BCUT2D eigenvalue weighted by Gasteiger charge is -2.21. The minimum atomic E-state index is -0.102. The second kappa shape index (κ2) is 8.53. The van der Waals surface area contributed by atoms with E-state index in [0.717, 1.165) is 35.7 Å². The van der Waals surface area contributed by atoms with Crippen LogP contribution in [-0.4, -0.2) is 50.1 Å². The third-order valence-electron chi connectivity index (χ3n) is 4.99. The molecule has 0 atom stereocenters. The van der Waals surface area contributed by atoms with Crippen LogP contribution in [0.25, 0.3) is 0 Å². The highest BCUT2D eigenvalue weighted by molar-refractivity contribution is 5.97. The molecule has 0 bridgehead atoms. The van der Waals surface area contributed by atoms with Gasteiger partial charge < -0.3 is 19.7 Å². The summed E-state index contributed by atoms with van der Waals surface area (Å²) in [5.41, 5.74) is 2.58. The van der Waals surface area contributed by atoms with E-state index < -0.39 is 0 Å². The summed E-state index contributed by atoms with van der Waals surface area (Å²) in [7, 11) is 1.90. The SMILES string of the molecule is CN(CC(=O)Nc1cccc(N2CCCC2=O)c1)Cc1ccc2c(c1)OCCO2. The summed E-state index contributed by atoms with van der Waals surface area (Å²) in [6.45, 7) is 2.72. The number of benzene rings is 2. The van der Waals surface area contributed by atoms with Crippen molar-refractivity contribution in [1.82, 2.24) is 4.90 Å². The van der Waals surface area contributed by atoms with Crippen molar-refractivity contribution in [1.29, 1.82) is 0 Å². The maximum Gasteiger partial charge on any atom is 0.238 e. The van der Waals surface area contributed by atoms with Crippen molar-refractivity contribution in [2.24, 2.45) is 0 Å². The molecule has 2 heterocycles. The molecular weight excluding hydrogens is 370 g/mol. The van der Waals surface area contributed by atoms with Gasteiger partial charge in [0.25, 0.3) is 0 Å². The summed E-state index contributed by atoms with van der Waals surface area (Å²) in [5.74, 6) is 1.54. The lowest BCUT2D eigenvalue weighted by molar-refractivity contribution is -0.117. The van der Waals surface area contributed by atoms with E-state index in [9.17, 15) is 9.59 Å². The van der Waals surface area contributed by atoms with Crippen molar-refractivity contribution < 1.29 is 19.1 Å². The fraction of sp³-hybridized carbons (Fsp3) is 0.364. The Labute approximate surface area is 170 Å². The van der Waals surface area contributed by atoms with Crippen molar-refractivity contribution in [3.63, 3.8) is 0 Å². The highest BCUT2D eigenvalue weighted by Crippen LogP contribution is 2.31. The zero-order valence-electron chi connectivity index (χ0n) is 16.5. The number of fused-ring (bicyclic) bond motifs is 1. The third-order valence-corrected chi connectivity index (χ3v) is 4.99. The molecule has 2 aliphatic rings. The zero-order valence-corrected chi connectivity index (χ0v) is 16.5. The van der Waals surface area contributed by atoms with Crippen molar-refractivity contribution in [2.75, 3.05) is 43.6 Å². The number of carbonyl (C=O) groups excluding carboxylic acids is 2. The molecule has 7 heteroatoms. The Morgan fingerprint density at radius 1 is 1.14 bits per heavy atom. The van der Waals surface area contributed by atoms with Crippen molar-refractivity contribution >= 4 is 23.2 Å². The largest absolute Gasteiger partial charge is 0.486 e. The van der Waals surface area contributed by atoms with Crippen LogP contribution in [0.1, 0.15) is 18.4 Å². The van der Waals surface area contributed by atoms with E-state index >= 15 is 0 Å². The van der Waals surface area contributed by atoms with Gasteiger partial charge in [-0.05, 0) is 49.4 Å². The second-order valence-corrected chi connectivity index (χ2v) is 7.40. The van der Waals surface area contributed by atoms with E-state index in [2.05, 4.69) is 5.32 Å². The molecule has 2 amide bonds. The minimum absolute atomic E-state index is 0.102. The Hall–Kier alpha value is -3.06. The Morgan fingerprint density at radius 3 is 2.76 bits per heavy atom. The van der Waals surface area contributed by atoms with E-state index in [1.165, 1.54) is 0 Å². The standard InChI is InChI=1S/C22H25N3O4/c1-24(14-16-7-8-19-20(12-16)29-11-10-28-19)15-21(26)23-17-4-2-5-18(13-17)25-9-3-6-22(25)27/h2,4-5,7-8,12-13H,3,6,9-11,14-15H2,1H3,(H,23,26). The average molecular weight is 395 g/mol. The summed E-state index contributed by atoms with van der Waals surface area (Å²) in [6.07, 6.45) is 1.46. The van der Waals surface area contributed by atoms with Crippen LogP contribution in [0.15, 0.2) is 42.5 Å². The monoisotopic (exact) mass is 395 g/mol. The van der Waals surface area contributed by atoms with Gasteiger partial charge in [0.1, 0.15) is 13.2 Å². The molecule has 2 aliphatic heterocycles. The Bertz CT molecular complexity index is 915. The fourth-order valence-corrected chi connectivity index (χ4v) is 3.67. The van der Waals surface area contributed by atoms with Crippen LogP contribution in [-0.2, 0) is 16.1 Å². The second-order valence-electron chi connectivity index (χ2n) is 7.40. The Morgan fingerprint density at radius 2 is 1.97 bits per heavy atom. The number of nitrogens with zero attached hydrogens (tertiary/aromatic N) is 2. The molecule has 1 fully saturated rings. The smallest absolute Gasteiger partial charge is 0.238 e. The van der Waals surface area contributed by atoms with Gasteiger partial charge in [-0.25, -0.2) is 0 Å². The first-order valence-corrected chi connectivity index (χ1v) is 9.86. The fourth-order valence-electron chi connectivity index (χ4n) is 3.67. The molecule has 4 rings (SSSR count). The maximum absolute atomic E-state index is 12.5. The number of carbonyl (C=O) groups is 2. The van der Waals surface area contributed by atoms with E-state index in [-0.39, 0.29) is 18.4 Å². The zero-order chi connectivity index (χ0) is 20.2. The van der Waals surface area contributed by atoms with Crippen molar-refractivity contribution in [3.8, 4) is 11.5 Å². The van der Waals surface area contributed by atoms with Crippen LogP contribution >= 0.6 is 0 Å². The van der Waals surface area contributed by atoms with Gasteiger partial charge in [0.2, 0.25) is 11.8 Å². The van der Waals surface area contributed by atoms with Crippen LogP contribution in [0.4, 0.5) is 11.4 Å². The maximum atomic E-state index is 12.5. The highest BCUT2D eigenvalue weighted by atomic mass is 16.6. The van der Waals surface area contributed by atoms with Crippen LogP contribution in [0.3, 0.4) is 0 Å². The third kappa shape index (κ3) is 4.68. The number of nitrogens with one attached hydrogen (secondary N) is 1. The molecule has 2 aromatic rings. The van der Waals surface area contributed by atoms with Gasteiger partial charge in [0, 0.05) is 30.9 Å². The van der Waals surface area contributed by atoms with Gasteiger partial charge >= 0.3 is 0 Å². The number of amides is 2. The molecule has 29 heavy (non-hydrogen) atoms. The Kier molecular flexibility index (Phi) is 5.67. The van der Waals surface area contributed by atoms with Crippen LogP contribution < -0.4 is 19.7 Å². The summed E-state index contributed by atoms with van der Waals surface area (Å²) >= 11 is 0. The molecule has 0 aliphatic carbocycles. The minimum Gasteiger partial charge on any atom is -0.486 e. The number of rotatable bonds is 6. The molecule has 7 nitrogen and oxygen atoms in total. The summed E-state index contributed by atoms with van der Waals surface area (Å²) < 4.78 is 11.2. The predicted molar refractivity (Wildman–Crippen MR) is 110 cm³/mol. The van der Waals surface area contributed by atoms with E-state index in [1.54, 1.807) is 4.90 Å². The molecule has 0 radical (unpaired) electrons. The molecule has 152 valence electrons. The van der Waals surface area contributed by atoms with E-state index in [1.807, 2.05) is 54.4 Å². The summed E-state index contributed by atoms with van der Waals surface area (Å²) in [5, 5.41) is 2.92. The first-order valence-electron chi connectivity index (χ1n) is 9.86. The highest BCUT2D eigenvalue weighted by Gasteiger charge is 2.22. The van der Waals surface area contributed by atoms with Crippen LogP contribution in [0.5, 0.6) is 11.5 Å². The number of anilines is 2. The molecule has 1 saturated heterocycles. The van der Waals surface area contributed by atoms with Gasteiger partial charge in [-0.2, -0.15) is 0 Å². The number of likely N-dealkylation sites (N-methyl/N-ethyl adjacent to an activating group) is 1. The predicted octanol–water partition coefficient (Wildman–Crippen LogP) is 2.66. The first-order chi connectivity index (χ1) is 14.1. The molecule has 1 N–H and O–H groups in total. The van der Waals surface area contributed by atoms with Gasteiger partial charge in [0.15, 0.2) is 11.5 Å². The van der Waals surface area contributed by atoms with Gasteiger partial charge in [-0.3, -0.25) is 14.5 Å². The number of hydrogen-bond donors (Lipinski definition) is 1.